The number of hydrogen-bond donors (Lipinski definition) is 1. The summed E-state index contributed by atoms with van der Waals surface area (Å²) in [5.74, 6) is -0.376. The second-order valence-electron chi connectivity index (χ2n) is 5.17. The lowest BCUT2D eigenvalue weighted by atomic mass is 10.2. The van der Waals surface area contributed by atoms with Crippen molar-refractivity contribution in [3.8, 4) is 0 Å². The molecule has 0 saturated heterocycles. The maximum Gasteiger partial charge on any atom is 0.289 e. The van der Waals surface area contributed by atoms with Crippen LogP contribution in [-0.2, 0) is 6.42 Å². The van der Waals surface area contributed by atoms with Crippen molar-refractivity contribution in [2.24, 2.45) is 5.10 Å². The van der Waals surface area contributed by atoms with Crippen LogP contribution in [0.4, 0.5) is 0 Å². The highest BCUT2D eigenvalue weighted by Crippen LogP contribution is 2.18. The monoisotopic (exact) mass is 338 g/mol. The topological polar surface area (TPSA) is 67.2 Å². The first-order valence-corrected chi connectivity index (χ1v) is 7.89. The van der Waals surface area contributed by atoms with Crippen molar-refractivity contribution in [1.82, 2.24) is 15.4 Å². The first kappa shape index (κ1) is 16.1. The molecule has 5 nitrogen and oxygen atoms in total. The van der Waals surface area contributed by atoms with Gasteiger partial charge in [-0.3, -0.25) is 9.78 Å². The number of carbonyl (C=O) groups excluding carboxylic acids is 1. The fourth-order valence-corrected chi connectivity index (χ4v) is 2.38. The number of benzene rings is 1. The first-order valence-electron chi connectivity index (χ1n) is 7.51. The molecule has 3 aromatic rings. The van der Waals surface area contributed by atoms with Gasteiger partial charge in [0.25, 0.3) is 5.91 Å². The van der Waals surface area contributed by atoms with Gasteiger partial charge in [0.1, 0.15) is 10.8 Å². The van der Waals surface area contributed by atoms with Gasteiger partial charge in [0.05, 0.1) is 11.7 Å². The summed E-state index contributed by atoms with van der Waals surface area (Å²) in [7, 11) is 0. The van der Waals surface area contributed by atoms with E-state index >= 15 is 0 Å². The molecule has 3 rings (SSSR count). The van der Waals surface area contributed by atoms with Crippen LogP contribution >= 0.6 is 11.6 Å². The van der Waals surface area contributed by atoms with Crippen molar-refractivity contribution in [2.45, 2.75) is 13.3 Å². The van der Waals surface area contributed by atoms with Crippen LogP contribution in [0.5, 0.6) is 0 Å². The van der Waals surface area contributed by atoms with Gasteiger partial charge < -0.3 is 0 Å². The van der Waals surface area contributed by atoms with Gasteiger partial charge in [-0.2, -0.15) is 5.10 Å². The first-order chi connectivity index (χ1) is 11.7. The van der Waals surface area contributed by atoms with E-state index in [9.17, 15) is 4.79 Å². The Morgan fingerprint density at radius 3 is 2.88 bits per heavy atom. The number of nitrogens with one attached hydrogen (secondary N) is 1. The van der Waals surface area contributed by atoms with E-state index in [4.69, 9.17) is 11.6 Å². The number of rotatable bonds is 4. The second kappa shape index (κ2) is 7.19. The van der Waals surface area contributed by atoms with Crippen LogP contribution in [0.1, 0.15) is 28.5 Å². The number of pyridine rings is 2. The summed E-state index contributed by atoms with van der Waals surface area (Å²) < 4.78 is 0. The lowest BCUT2D eigenvalue weighted by molar-refractivity contribution is 0.0950. The highest BCUT2D eigenvalue weighted by Gasteiger charge is 2.06. The van der Waals surface area contributed by atoms with Crippen LogP contribution < -0.4 is 5.43 Å². The average Bonchev–Trinajstić information content (AvgIpc) is 2.62. The molecular weight excluding hydrogens is 324 g/mol. The number of nitrogens with zero attached hydrogens (tertiary/aromatic N) is 3. The molecule has 0 atom stereocenters. The van der Waals surface area contributed by atoms with Gasteiger partial charge in [-0.25, -0.2) is 10.4 Å². The fourth-order valence-electron chi connectivity index (χ4n) is 2.18. The molecule has 2 aromatic heterocycles. The molecule has 0 aliphatic heterocycles. The summed E-state index contributed by atoms with van der Waals surface area (Å²) in [5.41, 5.74) is 5.27. The van der Waals surface area contributed by atoms with Gasteiger partial charge in [-0.1, -0.05) is 42.8 Å². The Balaban J connectivity index is 1.73. The van der Waals surface area contributed by atoms with Gasteiger partial charge in [-0.15, -0.1) is 0 Å². The maximum absolute atomic E-state index is 12.0. The minimum Gasteiger partial charge on any atom is -0.266 e. The molecule has 0 saturated carbocycles. The summed E-state index contributed by atoms with van der Waals surface area (Å²) in [6, 6.07) is 13.1. The predicted molar refractivity (Wildman–Crippen MR) is 95.4 cm³/mol. The minimum atomic E-state index is -0.376. The van der Waals surface area contributed by atoms with Crippen molar-refractivity contribution >= 4 is 34.6 Å². The number of fused-ring (bicyclic) bond motifs is 1. The van der Waals surface area contributed by atoms with Gasteiger partial charge in [0.2, 0.25) is 0 Å². The molecule has 1 aromatic carbocycles. The van der Waals surface area contributed by atoms with Crippen molar-refractivity contribution < 1.29 is 4.79 Å². The molecule has 120 valence electrons. The van der Waals surface area contributed by atoms with Crippen LogP contribution in [0, 0.1) is 0 Å². The van der Waals surface area contributed by atoms with Crippen LogP contribution in [0.25, 0.3) is 10.9 Å². The van der Waals surface area contributed by atoms with Gasteiger partial charge >= 0.3 is 0 Å². The Bertz CT molecular complexity index is 907. The zero-order valence-corrected chi connectivity index (χ0v) is 13.8. The quantitative estimate of drug-likeness (QED) is 0.449. The third-order valence-electron chi connectivity index (χ3n) is 3.54. The van der Waals surface area contributed by atoms with Gasteiger partial charge in [-0.05, 0) is 30.2 Å². The van der Waals surface area contributed by atoms with E-state index in [2.05, 4.69) is 20.5 Å². The van der Waals surface area contributed by atoms with Crippen molar-refractivity contribution in [3.63, 3.8) is 0 Å². The Hall–Kier alpha value is -2.79. The number of aryl methyl sites for hydroxylation is 1. The minimum absolute atomic E-state index is 0.312. The third kappa shape index (κ3) is 3.58. The standard InChI is InChI=1S/C18H15ClN4O/c1-2-12-7-8-16(20-10-12)18(24)23-21-11-14-9-13-5-3-4-6-15(13)22-17(14)19/h3-11H,2H2,1H3,(H,23,24). The van der Waals surface area contributed by atoms with E-state index in [1.165, 1.54) is 6.21 Å². The van der Waals surface area contributed by atoms with Crippen LogP contribution in [-0.4, -0.2) is 22.1 Å². The smallest absolute Gasteiger partial charge is 0.266 e. The zero-order chi connectivity index (χ0) is 16.9. The van der Waals surface area contributed by atoms with E-state index in [1.54, 1.807) is 12.3 Å². The fraction of sp³-hybridized carbons (Fsp3) is 0.111. The van der Waals surface area contributed by atoms with Gasteiger partial charge in [0, 0.05) is 17.1 Å². The lowest BCUT2D eigenvalue weighted by Crippen LogP contribution is -2.19. The Morgan fingerprint density at radius 2 is 2.12 bits per heavy atom. The second-order valence-corrected chi connectivity index (χ2v) is 5.52. The summed E-state index contributed by atoms with van der Waals surface area (Å²) in [5, 5.41) is 5.22. The molecule has 0 spiro atoms. The number of aromatic nitrogens is 2. The molecule has 1 N–H and O–H groups in total. The van der Waals surface area contributed by atoms with E-state index in [1.807, 2.05) is 43.3 Å². The van der Waals surface area contributed by atoms with Crippen molar-refractivity contribution in [3.05, 3.63) is 70.6 Å². The number of carbonyl (C=O) groups is 1. The summed E-state index contributed by atoms with van der Waals surface area (Å²) in [6.45, 7) is 2.03. The van der Waals surface area contributed by atoms with Crippen LogP contribution in [0.15, 0.2) is 53.8 Å². The van der Waals surface area contributed by atoms with Gasteiger partial charge in [0.15, 0.2) is 0 Å². The largest absolute Gasteiger partial charge is 0.289 e. The lowest BCUT2D eigenvalue weighted by Gasteiger charge is -2.02. The van der Waals surface area contributed by atoms with E-state index in [0.717, 1.165) is 22.9 Å². The summed E-state index contributed by atoms with van der Waals surface area (Å²) in [6.07, 6.45) is 4.03. The third-order valence-corrected chi connectivity index (χ3v) is 3.84. The Kier molecular flexibility index (Phi) is 4.82. The molecule has 0 aliphatic rings. The van der Waals surface area contributed by atoms with Crippen molar-refractivity contribution in [1.29, 1.82) is 0 Å². The summed E-state index contributed by atoms with van der Waals surface area (Å²) >= 11 is 6.14. The van der Waals surface area contributed by atoms with E-state index in [-0.39, 0.29) is 5.91 Å². The molecule has 24 heavy (non-hydrogen) atoms. The molecule has 0 unspecified atom stereocenters. The number of amides is 1. The maximum atomic E-state index is 12.0. The molecule has 0 aliphatic carbocycles. The molecule has 2 heterocycles. The number of hydrazone groups is 1. The SMILES string of the molecule is CCc1ccc(C(=O)NN=Cc2cc3ccccc3nc2Cl)nc1. The molecule has 0 radical (unpaired) electrons. The number of hydrogen-bond acceptors (Lipinski definition) is 4. The van der Waals surface area contributed by atoms with Crippen LogP contribution in [0.2, 0.25) is 5.15 Å². The van der Waals surface area contributed by atoms with Crippen LogP contribution in [0.3, 0.4) is 0 Å². The van der Waals surface area contributed by atoms with E-state index in [0.29, 0.717) is 16.4 Å². The summed E-state index contributed by atoms with van der Waals surface area (Å²) in [4.78, 5) is 20.4. The highest BCUT2D eigenvalue weighted by molar-refractivity contribution is 6.32. The number of halogens is 1. The molecule has 0 fully saturated rings. The molecule has 6 heteroatoms. The Morgan fingerprint density at radius 1 is 1.29 bits per heavy atom. The number of para-hydroxylation sites is 1. The van der Waals surface area contributed by atoms with E-state index < -0.39 is 0 Å². The highest BCUT2D eigenvalue weighted by atomic mass is 35.5. The normalized spacial score (nSPS) is 11.1. The molecule has 1 amide bonds. The Labute approximate surface area is 144 Å². The predicted octanol–water partition coefficient (Wildman–Crippen LogP) is 3.61. The zero-order valence-electron chi connectivity index (χ0n) is 13.0. The molecule has 0 bridgehead atoms. The molecular formula is C18H15ClN4O. The van der Waals surface area contributed by atoms with Crippen molar-refractivity contribution in [2.75, 3.05) is 0 Å². The average molecular weight is 339 g/mol.